The van der Waals surface area contributed by atoms with E-state index < -0.39 is 23.2 Å². The van der Waals surface area contributed by atoms with Crippen LogP contribution in [0.15, 0.2) is 54.6 Å². The zero-order chi connectivity index (χ0) is 20.0. The summed E-state index contributed by atoms with van der Waals surface area (Å²) in [4.78, 5) is 15.7. The molecule has 0 aliphatic heterocycles. The lowest BCUT2D eigenvalue weighted by atomic mass is 10.1. The van der Waals surface area contributed by atoms with Crippen LogP contribution in [0.25, 0.3) is 28.1 Å². The topological polar surface area (TPSA) is 116 Å². The second-order valence-corrected chi connectivity index (χ2v) is 6.52. The van der Waals surface area contributed by atoms with E-state index in [1.807, 2.05) is 0 Å². The fraction of sp³-hybridized carbons (Fsp3) is 0. The monoisotopic (exact) mass is 396 g/mol. The van der Waals surface area contributed by atoms with Crippen LogP contribution in [0.5, 0.6) is 17.2 Å². The average Bonchev–Trinajstić information content (AvgIpc) is 3.04. The Morgan fingerprint density at radius 3 is 2.32 bits per heavy atom. The molecule has 7 nitrogen and oxygen atoms in total. The Kier molecular flexibility index (Phi) is 4.09. The lowest BCUT2D eigenvalue weighted by Crippen LogP contribution is -2.00. The van der Waals surface area contributed by atoms with Crippen molar-refractivity contribution in [2.24, 2.45) is 0 Å². The van der Waals surface area contributed by atoms with E-state index >= 15 is 0 Å². The number of aromatic nitrogens is 2. The largest absolute Gasteiger partial charge is 0.504 e. The smallest absolute Gasteiger partial charge is 0.335 e. The summed E-state index contributed by atoms with van der Waals surface area (Å²) in [6, 6.07) is 13.9. The Morgan fingerprint density at radius 1 is 0.929 bits per heavy atom. The van der Waals surface area contributed by atoms with Crippen molar-refractivity contribution in [3.63, 3.8) is 0 Å². The van der Waals surface area contributed by atoms with Gasteiger partial charge in [-0.3, -0.25) is 4.57 Å². The predicted molar refractivity (Wildman–Crippen MR) is 103 cm³/mol. The maximum atomic E-state index is 11.1. The summed E-state index contributed by atoms with van der Waals surface area (Å²) in [5, 5.41) is 39.4. The number of carboxylic acid groups (broad SMARTS) is 1. The second kappa shape index (κ2) is 6.47. The number of nitrogens with zero attached hydrogens (tertiary/aromatic N) is 2. The van der Waals surface area contributed by atoms with Gasteiger partial charge in [0.15, 0.2) is 11.5 Å². The van der Waals surface area contributed by atoms with Crippen molar-refractivity contribution >= 4 is 28.6 Å². The van der Waals surface area contributed by atoms with Crippen LogP contribution in [0.1, 0.15) is 10.4 Å². The van der Waals surface area contributed by atoms with Crippen LogP contribution < -0.4 is 0 Å². The minimum atomic E-state index is -1.05. The van der Waals surface area contributed by atoms with Crippen LogP contribution in [-0.2, 0) is 0 Å². The zero-order valence-electron chi connectivity index (χ0n) is 14.2. The molecule has 0 atom stereocenters. The number of carboxylic acids is 1. The summed E-state index contributed by atoms with van der Waals surface area (Å²) in [7, 11) is 0. The molecule has 3 aromatic carbocycles. The van der Waals surface area contributed by atoms with Crippen LogP contribution in [0.2, 0.25) is 5.02 Å². The number of hydrogen-bond acceptors (Lipinski definition) is 5. The van der Waals surface area contributed by atoms with Crippen molar-refractivity contribution in [3.8, 4) is 34.3 Å². The Bertz CT molecular complexity index is 1230. The quantitative estimate of drug-likeness (QED) is 0.386. The molecule has 0 aliphatic rings. The lowest BCUT2D eigenvalue weighted by Gasteiger charge is -2.12. The van der Waals surface area contributed by atoms with E-state index in [0.29, 0.717) is 21.7 Å². The van der Waals surface area contributed by atoms with Gasteiger partial charge in [-0.25, -0.2) is 9.78 Å². The molecule has 28 heavy (non-hydrogen) atoms. The first-order valence-corrected chi connectivity index (χ1v) is 8.50. The van der Waals surface area contributed by atoms with Crippen LogP contribution in [0.3, 0.4) is 0 Å². The number of aromatic carboxylic acids is 1. The molecule has 1 heterocycles. The van der Waals surface area contributed by atoms with Gasteiger partial charge in [-0.15, -0.1) is 0 Å². The summed E-state index contributed by atoms with van der Waals surface area (Å²) in [5.41, 5.74) is 2.11. The van der Waals surface area contributed by atoms with Crippen molar-refractivity contribution < 1.29 is 25.2 Å². The summed E-state index contributed by atoms with van der Waals surface area (Å²) < 4.78 is 1.70. The van der Waals surface area contributed by atoms with Gasteiger partial charge in [-0.1, -0.05) is 11.6 Å². The minimum absolute atomic E-state index is 0.128. The number of aromatic hydroxyl groups is 3. The van der Waals surface area contributed by atoms with Crippen LogP contribution >= 0.6 is 11.6 Å². The molecule has 140 valence electrons. The third kappa shape index (κ3) is 2.78. The summed E-state index contributed by atoms with van der Waals surface area (Å²) >= 11 is 6.07. The van der Waals surface area contributed by atoms with Gasteiger partial charge in [0.2, 0.25) is 5.75 Å². The van der Waals surface area contributed by atoms with Crippen molar-refractivity contribution in [2.75, 3.05) is 0 Å². The molecule has 0 aliphatic carbocycles. The van der Waals surface area contributed by atoms with Gasteiger partial charge in [0, 0.05) is 10.7 Å². The number of halogens is 1. The Balaban J connectivity index is 2.03. The molecule has 0 unspecified atom stereocenters. The van der Waals surface area contributed by atoms with E-state index in [1.165, 1.54) is 24.3 Å². The van der Waals surface area contributed by atoms with Crippen molar-refractivity contribution in [3.05, 3.63) is 65.2 Å². The summed E-state index contributed by atoms with van der Waals surface area (Å²) in [6.07, 6.45) is 0. The van der Waals surface area contributed by atoms with Crippen molar-refractivity contribution in [1.29, 1.82) is 0 Å². The molecule has 0 amide bonds. The highest BCUT2D eigenvalue weighted by Gasteiger charge is 2.20. The third-order valence-corrected chi connectivity index (χ3v) is 4.59. The number of phenolic OH excluding ortho intramolecular Hbond substituents is 3. The molecular formula is C20H13ClN2O5. The van der Waals surface area contributed by atoms with Gasteiger partial charge in [0.1, 0.15) is 5.82 Å². The first-order chi connectivity index (χ1) is 13.4. The molecule has 8 heteroatoms. The molecule has 4 N–H and O–H groups in total. The van der Waals surface area contributed by atoms with Crippen LogP contribution in [-0.4, -0.2) is 35.9 Å². The Labute approximate surface area is 163 Å². The molecule has 0 spiro atoms. The third-order valence-electron chi connectivity index (χ3n) is 4.36. The van der Waals surface area contributed by atoms with Crippen LogP contribution in [0.4, 0.5) is 0 Å². The number of hydrogen-bond donors (Lipinski definition) is 4. The standard InChI is InChI=1S/C20H13ClN2O5/c21-11-3-7-15-14(9-11)22-19(13-6-8-16(24)18(26)17(13)25)23(15)12-4-1-10(2-5-12)20(27)28/h1-9,24-26H,(H,27,28). The molecule has 0 saturated carbocycles. The number of imidazole rings is 1. The molecule has 0 radical (unpaired) electrons. The van der Waals surface area contributed by atoms with Crippen LogP contribution in [0, 0.1) is 0 Å². The lowest BCUT2D eigenvalue weighted by molar-refractivity contribution is 0.0697. The SMILES string of the molecule is O=C(O)c1ccc(-n2c(-c3ccc(O)c(O)c3O)nc3cc(Cl)ccc32)cc1. The Hall–Kier alpha value is -3.71. The Morgan fingerprint density at radius 2 is 1.64 bits per heavy atom. The maximum Gasteiger partial charge on any atom is 0.335 e. The van der Waals surface area contributed by atoms with E-state index in [-0.39, 0.29) is 17.0 Å². The summed E-state index contributed by atoms with van der Waals surface area (Å²) in [6.45, 7) is 0. The fourth-order valence-electron chi connectivity index (χ4n) is 3.00. The predicted octanol–water partition coefficient (Wildman–Crippen LogP) is 4.16. The number of rotatable bonds is 3. The zero-order valence-corrected chi connectivity index (χ0v) is 14.9. The van der Waals surface area contributed by atoms with Gasteiger partial charge in [-0.2, -0.15) is 0 Å². The average molecular weight is 397 g/mol. The van der Waals surface area contributed by atoms with Crippen molar-refractivity contribution in [2.45, 2.75) is 0 Å². The molecular weight excluding hydrogens is 384 g/mol. The van der Waals surface area contributed by atoms with Gasteiger partial charge in [0.05, 0.1) is 22.2 Å². The van der Waals surface area contributed by atoms with Gasteiger partial charge >= 0.3 is 5.97 Å². The van der Waals surface area contributed by atoms with Gasteiger partial charge < -0.3 is 20.4 Å². The summed E-state index contributed by atoms with van der Waals surface area (Å²) in [5.74, 6) is -2.40. The van der Waals surface area contributed by atoms with E-state index in [4.69, 9.17) is 16.7 Å². The first-order valence-electron chi connectivity index (χ1n) is 8.13. The molecule has 4 aromatic rings. The van der Waals surface area contributed by atoms with Crippen molar-refractivity contribution in [1.82, 2.24) is 9.55 Å². The molecule has 0 fully saturated rings. The number of fused-ring (bicyclic) bond motifs is 1. The normalized spacial score (nSPS) is 11.0. The van der Waals surface area contributed by atoms with Gasteiger partial charge in [0.25, 0.3) is 0 Å². The highest BCUT2D eigenvalue weighted by atomic mass is 35.5. The maximum absolute atomic E-state index is 11.1. The van der Waals surface area contributed by atoms with Gasteiger partial charge in [-0.05, 0) is 54.6 Å². The number of carbonyl (C=O) groups is 1. The number of phenols is 3. The number of benzene rings is 3. The molecule has 1 aromatic heterocycles. The molecule has 0 bridgehead atoms. The second-order valence-electron chi connectivity index (χ2n) is 6.09. The first kappa shape index (κ1) is 17.7. The highest BCUT2D eigenvalue weighted by molar-refractivity contribution is 6.31. The minimum Gasteiger partial charge on any atom is -0.504 e. The molecule has 4 rings (SSSR count). The highest BCUT2D eigenvalue weighted by Crippen LogP contribution is 2.43. The van der Waals surface area contributed by atoms with E-state index in [1.54, 1.807) is 34.9 Å². The fourth-order valence-corrected chi connectivity index (χ4v) is 3.16. The molecule has 0 saturated heterocycles. The van der Waals surface area contributed by atoms with E-state index in [2.05, 4.69) is 4.98 Å². The van der Waals surface area contributed by atoms with E-state index in [0.717, 1.165) is 0 Å². The van der Waals surface area contributed by atoms with E-state index in [9.17, 15) is 20.1 Å².